The highest BCUT2D eigenvalue weighted by Crippen LogP contribution is 2.35. The van der Waals surface area contributed by atoms with Crippen molar-refractivity contribution < 1.29 is 9.90 Å². The van der Waals surface area contributed by atoms with Crippen molar-refractivity contribution >= 4 is 52.4 Å². The summed E-state index contributed by atoms with van der Waals surface area (Å²) in [4.78, 5) is 15.1. The van der Waals surface area contributed by atoms with Gasteiger partial charge in [0.25, 0.3) is 0 Å². The zero-order valence-electron chi connectivity index (χ0n) is 9.83. The number of pyridine rings is 1. The van der Waals surface area contributed by atoms with E-state index in [1.165, 1.54) is 6.20 Å². The number of aromatic nitrogens is 1. The molecule has 20 heavy (non-hydrogen) atoms. The molecule has 1 aromatic carbocycles. The maximum atomic E-state index is 10.9. The van der Waals surface area contributed by atoms with Crippen molar-refractivity contribution in [2.45, 2.75) is 6.42 Å². The number of carboxylic acids is 1. The fourth-order valence-corrected chi connectivity index (χ4v) is 2.51. The van der Waals surface area contributed by atoms with Gasteiger partial charge in [-0.05, 0) is 23.8 Å². The van der Waals surface area contributed by atoms with Gasteiger partial charge in [0.1, 0.15) is 0 Å². The summed E-state index contributed by atoms with van der Waals surface area (Å²) in [5.74, 6) is -0.985. The SMILES string of the molecule is O=C(O)Cc1cc(Cl)cnc1-c1cc(Cl)c(Cl)c(Cl)c1. The summed E-state index contributed by atoms with van der Waals surface area (Å²) in [6, 6.07) is 4.71. The highest BCUT2D eigenvalue weighted by Gasteiger charge is 2.14. The molecule has 0 aliphatic rings. The Balaban J connectivity index is 2.60. The summed E-state index contributed by atoms with van der Waals surface area (Å²) in [6.07, 6.45) is 1.22. The maximum Gasteiger partial charge on any atom is 0.307 e. The molecule has 0 amide bonds. The molecule has 0 saturated carbocycles. The minimum atomic E-state index is -0.985. The van der Waals surface area contributed by atoms with Crippen LogP contribution in [-0.4, -0.2) is 16.1 Å². The second-order valence-corrected chi connectivity index (χ2v) is 5.61. The number of hydrogen-bond donors (Lipinski definition) is 1. The zero-order valence-corrected chi connectivity index (χ0v) is 12.9. The second kappa shape index (κ2) is 6.19. The first-order valence-electron chi connectivity index (χ1n) is 5.39. The number of carbonyl (C=O) groups is 1. The predicted molar refractivity (Wildman–Crippen MR) is 81.1 cm³/mol. The molecule has 0 aliphatic heterocycles. The summed E-state index contributed by atoms with van der Waals surface area (Å²) in [7, 11) is 0. The molecule has 0 radical (unpaired) electrons. The lowest BCUT2D eigenvalue weighted by atomic mass is 10.0. The van der Waals surface area contributed by atoms with Crippen LogP contribution in [0.2, 0.25) is 20.1 Å². The van der Waals surface area contributed by atoms with E-state index in [0.717, 1.165) is 0 Å². The van der Waals surface area contributed by atoms with Gasteiger partial charge in [0.05, 0.1) is 32.2 Å². The van der Waals surface area contributed by atoms with E-state index in [4.69, 9.17) is 51.5 Å². The van der Waals surface area contributed by atoms with E-state index in [-0.39, 0.29) is 21.5 Å². The molecule has 104 valence electrons. The van der Waals surface area contributed by atoms with Crippen molar-refractivity contribution in [3.8, 4) is 11.3 Å². The van der Waals surface area contributed by atoms with Crippen LogP contribution in [0.3, 0.4) is 0 Å². The van der Waals surface area contributed by atoms with Gasteiger partial charge in [0.2, 0.25) is 0 Å². The van der Waals surface area contributed by atoms with Crippen LogP contribution < -0.4 is 0 Å². The van der Waals surface area contributed by atoms with Crippen molar-refractivity contribution in [2.24, 2.45) is 0 Å². The second-order valence-electron chi connectivity index (χ2n) is 3.99. The van der Waals surface area contributed by atoms with E-state index in [2.05, 4.69) is 4.98 Å². The number of hydrogen-bond acceptors (Lipinski definition) is 2. The van der Waals surface area contributed by atoms with E-state index in [0.29, 0.717) is 21.8 Å². The largest absolute Gasteiger partial charge is 0.481 e. The van der Waals surface area contributed by atoms with E-state index < -0.39 is 5.97 Å². The smallest absolute Gasteiger partial charge is 0.307 e. The van der Waals surface area contributed by atoms with E-state index in [9.17, 15) is 4.79 Å². The quantitative estimate of drug-likeness (QED) is 0.793. The van der Waals surface area contributed by atoms with Gasteiger partial charge in [-0.25, -0.2) is 0 Å². The maximum absolute atomic E-state index is 10.9. The summed E-state index contributed by atoms with van der Waals surface area (Å²) in [6.45, 7) is 0. The molecule has 3 nitrogen and oxygen atoms in total. The molecule has 0 bridgehead atoms. The van der Waals surface area contributed by atoms with Gasteiger partial charge in [-0.15, -0.1) is 0 Å². The van der Waals surface area contributed by atoms with Gasteiger partial charge >= 0.3 is 5.97 Å². The van der Waals surface area contributed by atoms with Crippen LogP contribution >= 0.6 is 46.4 Å². The first-order valence-corrected chi connectivity index (χ1v) is 6.91. The van der Waals surface area contributed by atoms with Crippen molar-refractivity contribution in [1.82, 2.24) is 4.98 Å². The van der Waals surface area contributed by atoms with Crippen LogP contribution in [0, 0.1) is 0 Å². The van der Waals surface area contributed by atoms with Gasteiger partial charge in [-0.1, -0.05) is 46.4 Å². The molecule has 1 N–H and O–H groups in total. The Morgan fingerprint density at radius 1 is 1.10 bits per heavy atom. The Morgan fingerprint density at radius 2 is 1.70 bits per heavy atom. The molecule has 1 heterocycles. The van der Waals surface area contributed by atoms with E-state index >= 15 is 0 Å². The molecule has 0 atom stereocenters. The molecule has 0 unspecified atom stereocenters. The molecule has 2 aromatic rings. The number of benzene rings is 1. The first kappa shape index (κ1) is 15.4. The average molecular weight is 351 g/mol. The standard InChI is InChI=1S/C13H7Cl4NO2/c14-8-1-6(4-11(19)20)13(18-5-8)7-2-9(15)12(17)10(16)3-7/h1-3,5H,4H2,(H,19,20). The van der Waals surface area contributed by atoms with Gasteiger partial charge in [0.15, 0.2) is 0 Å². The molecule has 7 heteroatoms. The summed E-state index contributed by atoms with van der Waals surface area (Å²) in [5, 5.41) is 10.1. The predicted octanol–water partition coefficient (Wildman–Crippen LogP) is 4.99. The fraction of sp³-hybridized carbons (Fsp3) is 0.0769. The fourth-order valence-electron chi connectivity index (χ4n) is 1.73. The van der Waals surface area contributed by atoms with Crippen LogP contribution in [0.1, 0.15) is 5.56 Å². The third-order valence-corrected chi connectivity index (χ3v) is 3.94. The lowest BCUT2D eigenvalue weighted by Gasteiger charge is -2.09. The lowest BCUT2D eigenvalue weighted by molar-refractivity contribution is -0.136. The minimum absolute atomic E-state index is 0.208. The van der Waals surface area contributed by atoms with Crippen molar-refractivity contribution in [3.05, 3.63) is 50.0 Å². The number of rotatable bonds is 3. The van der Waals surface area contributed by atoms with Gasteiger partial charge in [-0.3, -0.25) is 9.78 Å². The van der Waals surface area contributed by atoms with Crippen LogP contribution in [0.5, 0.6) is 0 Å². The molecular weight excluding hydrogens is 344 g/mol. The topological polar surface area (TPSA) is 50.2 Å². The van der Waals surface area contributed by atoms with Crippen LogP contribution in [0.15, 0.2) is 24.4 Å². The molecule has 0 spiro atoms. The van der Waals surface area contributed by atoms with Gasteiger partial charge in [0, 0.05) is 11.8 Å². The molecule has 1 aromatic heterocycles. The van der Waals surface area contributed by atoms with E-state index in [1.807, 2.05) is 0 Å². The Bertz CT molecular complexity index is 665. The lowest BCUT2D eigenvalue weighted by Crippen LogP contribution is -2.03. The number of aliphatic carboxylic acids is 1. The van der Waals surface area contributed by atoms with Gasteiger partial charge in [-0.2, -0.15) is 0 Å². The number of carboxylic acid groups (broad SMARTS) is 1. The highest BCUT2D eigenvalue weighted by atomic mass is 35.5. The van der Waals surface area contributed by atoms with Crippen molar-refractivity contribution in [2.75, 3.05) is 0 Å². The average Bonchev–Trinajstić information content (AvgIpc) is 2.35. The Kier molecular flexibility index (Phi) is 4.76. The van der Waals surface area contributed by atoms with Crippen LogP contribution in [0.25, 0.3) is 11.3 Å². The monoisotopic (exact) mass is 349 g/mol. The zero-order chi connectivity index (χ0) is 14.9. The molecule has 0 saturated heterocycles. The molecular formula is C13H7Cl4NO2. The Labute approximate surface area is 135 Å². The summed E-state index contributed by atoms with van der Waals surface area (Å²) >= 11 is 23.7. The Morgan fingerprint density at radius 3 is 2.25 bits per heavy atom. The Hall–Kier alpha value is -1.000. The highest BCUT2D eigenvalue weighted by molar-refractivity contribution is 6.48. The van der Waals surface area contributed by atoms with Crippen molar-refractivity contribution in [1.29, 1.82) is 0 Å². The van der Waals surface area contributed by atoms with E-state index in [1.54, 1.807) is 18.2 Å². The van der Waals surface area contributed by atoms with Gasteiger partial charge < -0.3 is 5.11 Å². The van der Waals surface area contributed by atoms with Crippen LogP contribution in [0.4, 0.5) is 0 Å². The third-order valence-electron chi connectivity index (χ3n) is 2.53. The molecule has 0 aliphatic carbocycles. The molecule has 2 rings (SSSR count). The number of nitrogens with zero attached hydrogens (tertiary/aromatic N) is 1. The number of halogens is 4. The normalized spacial score (nSPS) is 10.6. The molecule has 0 fully saturated rings. The van der Waals surface area contributed by atoms with Crippen molar-refractivity contribution in [3.63, 3.8) is 0 Å². The third kappa shape index (κ3) is 3.36. The summed E-state index contributed by atoms with van der Waals surface area (Å²) < 4.78 is 0. The minimum Gasteiger partial charge on any atom is -0.481 e. The van der Waals surface area contributed by atoms with Crippen LogP contribution in [-0.2, 0) is 11.2 Å². The summed E-state index contributed by atoms with van der Waals surface area (Å²) in [5.41, 5.74) is 1.51. The first-order chi connectivity index (χ1) is 9.38.